The van der Waals surface area contributed by atoms with Gasteiger partial charge in [0.15, 0.2) is 11.5 Å². The molecule has 0 N–H and O–H groups in total. The predicted octanol–water partition coefficient (Wildman–Crippen LogP) is 5.30. The summed E-state index contributed by atoms with van der Waals surface area (Å²) in [5.41, 5.74) is 2.71. The van der Waals surface area contributed by atoms with Crippen molar-refractivity contribution in [3.05, 3.63) is 23.3 Å². The molecule has 6 nitrogen and oxygen atoms in total. The van der Waals surface area contributed by atoms with E-state index in [4.69, 9.17) is 14.2 Å². The third kappa shape index (κ3) is 5.26. The third-order valence-electron chi connectivity index (χ3n) is 8.01. The van der Waals surface area contributed by atoms with Gasteiger partial charge >= 0.3 is 6.09 Å². The van der Waals surface area contributed by atoms with E-state index in [0.717, 1.165) is 56.8 Å². The molecule has 2 saturated heterocycles. The average molecular weight is 459 g/mol. The maximum atomic E-state index is 12.9. The first-order chi connectivity index (χ1) is 15.9. The largest absolute Gasteiger partial charge is 0.493 e. The number of benzene rings is 1. The van der Waals surface area contributed by atoms with Gasteiger partial charge in [0, 0.05) is 31.7 Å². The average Bonchev–Trinajstić information content (AvgIpc) is 2.81. The first-order valence-electron chi connectivity index (χ1n) is 12.8. The number of amides is 1. The van der Waals surface area contributed by atoms with E-state index in [0.29, 0.717) is 30.4 Å². The van der Waals surface area contributed by atoms with Gasteiger partial charge in [-0.25, -0.2) is 4.79 Å². The van der Waals surface area contributed by atoms with Crippen LogP contribution in [-0.4, -0.2) is 62.4 Å². The molecule has 4 rings (SSSR count). The lowest BCUT2D eigenvalue weighted by atomic mass is 9.74. The van der Waals surface area contributed by atoms with Crippen LogP contribution in [0.2, 0.25) is 0 Å². The van der Waals surface area contributed by atoms with Gasteiger partial charge in [-0.05, 0) is 86.5 Å². The van der Waals surface area contributed by atoms with E-state index in [1.807, 2.05) is 4.90 Å². The van der Waals surface area contributed by atoms with E-state index in [1.165, 1.54) is 24.0 Å². The van der Waals surface area contributed by atoms with Crippen molar-refractivity contribution in [3.8, 4) is 11.5 Å². The monoisotopic (exact) mass is 458 g/mol. The maximum absolute atomic E-state index is 12.9. The van der Waals surface area contributed by atoms with Gasteiger partial charge in [0.2, 0.25) is 0 Å². The maximum Gasteiger partial charge on any atom is 0.410 e. The molecule has 3 heterocycles. The molecular formula is C27H42N2O4. The Morgan fingerprint density at radius 2 is 1.85 bits per heavy atom. The number of fused-ring (bicyclic) bond motifs is 3. The molecule has 184 valence electrons. The Bertz CT molecular complexity index is 827. The summed E-state index contributed by atoms with van der Waals surface area (Å²) in [7, 11) is 3.40. The second kappa shape index (κ2) is 10.5. The highest BCUT2D eigenvalue weighted by Gasteiger charge is 2.40. The lowest BCUT2D eigenvalue weighted by Crippen LogP contribution is -2.48. The van der Waals surface area contributed by atoms with Crippen LogP contribution in [0.3, 0.4) is 0 Å². The molecule has 0 spiro atoms. The Balaban J connectivity index is 1.51. The van der Waals surface area contributed by atoms with Crippen molar-refractivity contribution in [2.45, 2.75) is 71.4 Å². The fraction of sp³-hybridized carbons (Fsp3) is 0.741. The number of likely N-dealkylation sites (tertiary alicyclic amines) is 1. The first-order valence-corrected chi connectivity index (χ1v) is 12.8. The van der Waals surface area contributed by atoms with Crippen LogP contribution in [-0.2, 0) is 11.2 Å². The minimum Gasteiger partial charge on any atom is -0.493 e. The summed E-state index contributed by atoms with van der Waals surface area (Å²) in [5.74, 6) is 3.16. The normalized spacial score (nSPS) is 27.6. The molecule has 6 heteroatoms. The van der Waals surface area contributed by atoms with Crippen molar-refractivity contribution in [1.82, 2.24) is 9.80 Å². The first kappa shape index (κ1) is 24.2. The van der Waals surface area contributed by atoms with Crippen molar-refractivity contribution < 1.29 is 19.0 Å². The van der Waals surface area contributed by atoms with Gasteiger partial charge in [-0.2, -0.15) is 0 Å². The zero-order chi connectivity index (χ0) is 23.5. The highest BCUT2D eigenvalue weighted by Crippen LogP contribution is 2.45. The van der Waals surface area contributed by atoms with Gasteiger partial charge < -0.3 is 19.1 Å². The fourth-order valence-electron chi connectivity index (χ4n) is 6.21. The Morgan fingerprint density at radius 1 is 1.09 bits per heavy atom. The number of carbonyl (C=O) groups is 1. The summed E-state index contributed by atoms with van der Waals surface area (Å²) < 4.78 is 17.1. The number of methoxy groups -OCH3 is 2. The quantitative estimate of drug-likeness (QED) is 0.579. The number of carbonyl (C=O) groups excluding carboxylic acids is 1. The van der Waals surface area contributed by atoms with Crippen molar-refractivity contribution in [2.75, 3.05) is 40.5 Å². The molecule has 0 aromatic heterocycles. The van der Waals surface area contributed by atoms with Crippen molar-refractivity contribution in [1.29, 1.82) is 0 Å². The molecular weight excluding hydrogens is 416 g/mol. The molecule has 3 aliphatic heterocycles. The molecule has 3 aliphatic rings. The fourth-order valence-corrected chi connectivity index (χ4v) is 6.21. The molecule has 4 atom stereocenters. The van der Waals surface area contributed by atoms with Crippen molar-refractivity contribution in [2.24, 2.45) is 17.8 Å². The van der Waals surface area contributed by atoms with E-state index >= 15 is 0 Å². The summed E-state index contributed by atoms with van der Waals surface area (Å²) in [5, 5.41) is 0. The van der Waals surface area contributed by atoms with Crippen LogP contribution in [0.4, 0.5) is 4.79 Å². The summed E-state index contributed by atoms with van der Waals surface area (Å²) in [6, 6.07) is 4.95. The second-order valence-electron chi connectivity index (χ2n) is 10.7. The standard InChI is InChI=1S/C27H42N2O4/c1-18(2)12-21-16-28-11-9-20-14-25(31-4)26(32-5)15-23(20)24(28)13-22(21)17-33-27(30)29-10-7-6-8-19(29)3/h14-15,18-19,21-22,24H,6-13,16-17H2,1-5H3/t19-,21?,22?,24?/m1/s1. The van der Waals surface area contributed by atoms with Crippen LogP contribution in [0.15, 0.2) is 12.1 Å². The SMILES string of the molecule is COc1cc2c(cc1OC)C1CC(COC(=O)N3CCCC[C@H]3C)C(CC(C)C)CN1CC2. The van der Waals surface area contributed by atoms with Crippen molar-refractivity contribution >= 4 is 6.09 Å². The Labute approximate surface area is 199 Å². The van der Waals surface area contributed by atoms with Crippen LogP contribution in [0.5, 0.6) is 11.5 Å². The smallest absolute Gasteiger partial charge is 0.410 e. The van der Waals surface area contributed by atoms with E-state index in [9.17, 15) is 4.79 Å². The van der Waals surface area contributed by atoms with E-state index in [1.54, 1.807) is 14.2 Å². The molecule has 1 aromatic rings. The Kier molecular flexibility index (Phi) is 7.72. The number of piperidine rings is 2. The number of hydrogen-bond donors (Lipinski definition) is 0. The lowest BCUT2D eigenvalue weighted by Gasteiger charge is -2.47. The van der Waals surface area contributed by atoms with Crippen LogP contribution < -0.4 is 9.47 Å². The molecule has 33 heavy (non-hydrogen) atoms. The third-order valence-corrected chi connectivity index (χ3v) is 8.01. The zero-order valence-corrected chi connectivity index (χ0v) is 21.1. The zero-order valence-electron chi connectivity index (χ0n) is 21.1. The summed E-state index contributed by atoms with van der Waals surface area (Å²) in [6.45, 7) is 10.2. The molecule has 0 aliphatic carbocycles. The lowest BCUT2D eigenvalue weighted by molar-refractivity contribution is 0.00136. The topological polar surface area (TPSA) is 51.2 Å². The molecule has 2 fully saturated rings. The summed E-state index contributed by atoms with van der Waals surface area (Å²) in [4.78, 5) is 17.5. The molecule has 0 saturated carbocycles. The minimum absolute atomic E-state index is 0.122. The van der Waals surface area contributed by atoms with Gasteiger partial charge in [-0.3, -0.25) is 4.90 Å². The predicted molar refractivity (Wildman–Crippen MR) is 130 cm³/mol. The van der Waals surface area contributed by atoms with E-state index in [-0.39, 0.29) is 12.1 Å². The number of nitrogens with zero attached hydrogens (tertiary/aromatic N) is 2. The summed E-state index contributed by atoms with van der Waals surface area (Å²) in [6.07, 6.45) is 6.46. The van der Waals surface area contributed by atoms with Crippen molar-refractivity contribution in [3.63, 3.8) is 0 Å². The van der Waals surface area contributed by atoms with E-state index in [2.05, 4.69) is 37.8 Å². The number of rotatable bonds is 6. The van der Waals surface area contributed by atoms with Crippen LogP contribution in [0, 0.1) is 17.8 Å². The minimum atomic E-state index is -0.122. The summed E-state index contributed by atoms with van der Waals surface area (Å²) >= 11 is 0. The van der Waals surface area contributed by atoms with Gasteiger partial charge in [0.1, 0.15) is 0 Å². The van der Waals surface area contributed by atoms with E-state index < -0.39 is 0 Å². The Hall–Kier alpha value is -1.95. The molecule has 1 amide bonds. The van der Waals surface area contributed by atoms with Gasteiger partial charge in [-0.15, -0.1) is 0 Å². The highest BCUT2D eigenvalue weighted by atomic mass is 16.6. The second-order valence-corrected chi connectivity index (χ2v) is 10.7. The molecule has 3 unspecified atom stereocenters. The Morgan fingerprint density at radius 3 is 2.55 bits per heavy atom. The van der Waals surface area contributed by atoms with Crippen LogP contribution in [0.1, 0.15) is 70.0 Å². The van der Waals surface area contributed by atoms with Gasteiger partial charge in [-0.1, -0.05) is 13.8 Å². The molecule has 0 radical (unpaired) electrons. The van der Waals surface area contributed by atoms with Gasteiger partial charge in [0.05, 0.1) is 20.8 Å². The number of hydrogen-bond acceptors (Lipinski definition) is 5. The molecule has 1 aromatic carbocycles. The van der Waals surface area contributed by atoms with Crippen LogP contribution >= 0.6 is 0 Å². The molecule has 0 bridgehead atoms. The van der Waals surface area contributed by atoms with Crippen LogP contribution in [0.25, 0.3) is 0 Å². The number of ether oxygens (including phenoxy) is 3. The van der Waals surface area contributed by atoms with Gasteiger partial charge in [0.25, 0.3) is 0 Å². The highest BCUT2D eigenvalue weighted by molar-refractivity contribution is 5.68.